The second-order valence-corrected chi connectivity index (χ2v) is 5.64. The highest BCUT2D eigenvalue weighted by molar-refractivity contribution is 5.93. The minimum Gasteiger partial charge on any atom is -0.487 e. The number of anilines is 1. The van der Waals surface area contributed by atoms with Gasteiger partial charge in [-0.25, -0.2) is 0 Å². The van der Waals surface area contributed by atoms with Crippen molar-refractivity contribution in [3.63, 3.8) is 0 Å². The van der Waals surface area contributed by atoms with Gasteiger partial charge in [0.2, 0.25) is 5.91 Å². The van der Waals surface area contributed by atoms with Crippen molar-refractivity contribution in [3.8, 4) is 5.75 Å². The number of rotatable bonds is 5. The highest BCUT2D eigenvalue weighted by Gasteiger charge is 2.25. The molecule has 22 heavy (non-hydrogen) atoms. The molecule has 0 fully saturated rings. The number of carbonyl (C=O) groups is 2. The van der Waals surface area contributed by atoms with Gasteiger partial charge in [0.1, 0.15) is 11.9 Å². The van der Waals surface area contributed by atoms with Crippen LogP contribution in [0.4, 0.5) is 5.69 Å². The van der Waals surface area contributed by atoms with E-state index in [1.165, 1.54) is 7.11 Å². The third kappa shape index (κ3) is 4.00. The molecule has 1 aromatic carbocycles. The zero-order valence-corrected chi connectivity index (χ0v) is 13.4. The number of benzene rings is 1. The van der Waals surface area contributed by atoms with Gasteiger partial charge >= 0.3 is 5.97 Å². The first-order valence-electron chi connectivity index (χ1n) is 7.65. The van der Waals surface area contributed by atoms with Crippen molar-refractivity contribution < 1.29 is 19.1 Å². The fraction of sp³-hybridized carbons (Fsp3) is 0.529. The largest absolute Gasteiger partial charge is 0.487 e. The minimum absolute atomic E-state index is 0.00214. The van der Waals surface area contributed by atoms with Gasteiger partial charge in [0, 0.05) is 13.3 Å². The van der Waals surface area contributed by atoms with Crippen LogP contribution in [0.3, 0.4) is 0 Å². The number of carbonyl (C=O) groups excluding carboxylic acids is 2. The molecule has 0 saturated heterocycles. The van der Waals surface area contributed by atoms with Gasteiger partial charge in [-0.05, 0) is 43.9 Å². The Hall–Kier alpha value is -2.04. The van der Waals surface area contributed by atoms with Crippen molar-refractivity contribution in [2.24, 2.45) is 0 Å². The first kappa shape index (κ1) is 16.3. The Morgan fingerprint density at radius 1 is 1.36 bits per heavy atom. The van der Waals surface area contributed by atoms with E-state index in [0.29, 0.717) is 13.0 Å². The van der Waals surface area contributed by atoms with Crippen LogP contribution in [0.15, 0.2) is 18.2 Å². The van der Waals surface area contributed by atoms with Crippen LogP contribution >= 0.6 is 0 Å². The van der Waals surface area contributed by atoms with E-state index in [2.05, 4.69) is 4.74 Å². The molecule has 2 rings (SSSR count). The SMILES string of the molecule is COC(=O)CCCCc1ccc2c(c1)N(C(C)=O)CC(C)O2. The van der Waals surface area contributed by atoms with Crippen LogP contribution in [-0.2, 0) is 20.7 Å². The van der Waals surface area contributed by atoms with Gasteiger partial charge in [-0.15, -0.1) is 0 Å². The zero-order valence-electron chi connectivity index (χ0n) is 13.4. The standard InChI is InChI=1S/C17H23NO4/c1-12-11-18(13(2)19)15-10-14(8-9-16(15)22-12)6-4-5-7-17(20)21-3/h8-10,12H,4-7,11H2,1-3H3. The summed E-state index contributed by atoms with van der Waals surface area (Å²) in [5, 5.41) is 0. The molecule has 0 spiro atoms. The number of hydrogen-bond donors (Lipinski definition) is 0. The number of fused-ring (bicyclic) bond motifs is 1. The summed E-state index contributed by atoms with van der Waals surface area (Å²) < 4.78 is 10.4. The Labute approximate surface area is 131 Å². The fourth-order valence-electron chi connectivity index (χ4n) is 2.64. The highest BCUT2D eigenvalue weighted by atomic mass is 16.5. The van der Waals surface area contributed by atoms with Crippen molar-refractivity contribution in [3.05, 3.63) is 23.8 Å². The molecule has 0 aromatic heterocycles. The molecule has 0 N–H and O–H groups in total. The van der Waals surface area contributed by atoms with E-state index in [-0.39, 0.29) is 18.0 Å². The number of amides is 1. The molecule has 0 bridgehead atoms. The molecule has 0 radical (unpaired) electrons. The predicted molar refractivity (Wildman–Crippen MR) is 84.1 cm³/mol. The first-order chi connectivity index (χ1) is 10.5. The smallest absolute Gasteiger partial charge is 0.305 e. The third-order valence-electron chi connectivity index (χ3n) is 3.79. The quantitative estimate of drug-likeness (QED) is 0.620. The van der Waals surface area contributed by atoms with Crippen molar-refractivity contribution in [2.45, 2.75) is 45.6 Å². The van der Waals surface area contributed by atoms with E-state index in [0.717, 1.165) is 36.3 Å². The number of nitrogens with zero attached hydrogens (tertiary/aromatic N) is 1. The molecule has 1 aliphatic rings. The number of hydrogen-bond acceptors (Lipinski definition) is 4. The molecule has 1 unspecified atom stereocenters. The molecule has 5 nitrogen and oxygen atoms in total. The Morgan fingerprint density at radius 2 is 2.14 bits per heavy atom. The van der Waals surface area contributed by atoms with E-state index in [4.69, 9.17) is 4.74 Å². The zero-order chi connectivity index (χ0) is 16.1. The monoisotopic (exact) mass is 305 g/mol. The molecule has 1 atom stereocenters. The summed E-state index contributed by atoms with van der Waals surface area (Å²) in [7, 11) is 1.41. The summed E-state index contributed by atoms with van der Waals surface area (Å²) in [6.07, 6.45) is 3.02. The van der Waals surface area contributed by atoms with Crippen LogP contribution < -0.4 is 9.64 Å². The third-order valence-corrected chi connectivity index (χ3v) is 3.79. The van der Waals surface area contributed by atoms with E-state index < -0.39 is 0 Å². The van der Waals surface area contributed by atoms with Gasteiger partial charge < -0.3 is 14.4 Å². The molecular weight excluding hydrogens is 282 g/mol. The number of esters is 1. The van der Waals surface area contributed by atoms with Gasteiger partial charge in [-0.3, -0.25) is 9.59 Å². The molecule has 1 aliphatic heterocycles. The Balaban J connectivity index is 2.02. The van der Waals surface area contributed by atoms with Gasteiger partial charge in [0.15, 0.2) is 0 Å². The maximum absolute atomic E-state index is 11.8. The average Bonchev–Trinajstić information content (AvgIpc) is 2.50. The lowest BCUT2D eigenvalue weighted by atomic mass is 10.0. The summed E-state index contributed by atoms with van der Waals surface area (Å²) in [4.78, 5) is 24.7. The van der Waals surface area contributed by atoms with E-state index in [1.807, 2.05) is 25.1 Å². The van der Waals surface area contributed by atoms with E-state index >= 15 is 0 Å². The summed E-state index contributed by atoms with van der Waals surface area (Å²) >= 11 is 0. The van der Waals surface area contributed by atoms with Crippen molar-refractivity contribution in [1.82, 2.24) is 0 Å². The molecule has 1 amide bonds. The van der Waals surface area contributed by atoms with Crippen LogP contribution in [-0.4, -0.2) is 31.6 Å². The van der Waals surface area contributed by atoms with Crippen molar-refractivity contribution in [1.29, 1.82) is 0 Å². The van der Waals surface area contributed by atoms with Crippen LogP contribution in [0.1, 0.15) is 38.7 Å². The molecule has 0 aliphatic carbocycles. The Bertz CT molecular complexity index is 556. The molecular formula is C17H23NO4. The summed E-state index contributed by atoms with van der Waals surface area (Å²) in [5.41, 5.74) is 1.99. The van der Waals surface area contributed by atoms with Crippen molar-refractivity contribution in [2.75, 3.05) is 18.6 Å². The molecule has 120 valence electrons. The molecule has 0 saturated carbocycles. The first-order valence-corrected chi connectivity index (χ1v) is 7.65. The van der Waals surface area contributed by atoms with Gasteiger partial charge in [0.25, 0.3) is 0 Å². The summed E-state index contributed by atoms with van der Waals surface area (Å²) in [6, 6.07) is 5.96. The minimum atomic E-state index is -0.171. The lowest BCUT2D eigenvalue weighted by Crippen LogP contribution is -2.41. The van der Waals surface area contributed by atoms with Crippen LogP contribution in [0.5, 0.6) is 5.75 Å². The van der Waals surface area contributed by atoms with Crippen molar-refractivity contribution >= 4 is 17.6 Å². The average molecular weight is 305 g/mol. The number of methoxy groups -OCH3 is 1. The topological polar surface area (TPSA) is 55.8 Å². The Kier molecular flexibility index (Phi) is 5.41. The molecule has 5 heteroatoms. The summed E-state index contributed by atoms with van der Waals surface area (Å²) in [6.45, 7) is 4.11. The highest BCUT2D eigenvalue weighted by Crippen LogP contribution is 2.34. The normalized spacial score (nSPS) is 16.7. The maximum Gasteiger partial charge on any atom is 0.305 e. The summed E-state index contributed by atoms with van der Waals surface area (Å²) in [5.74, 6) is 0.613. The lowest BCUT2D eigenvalue weighted by Gasteiger charge is -2.33. The predicted octanol–water partition coefficient (Wildman–Crippen LogP) is 2.71. The van der Waals surface area contributed by atoms with Crippen LogP contribution in [0.2, 0.25) is 0 Å². The van der Waals surface area contributed by atoms with E-state index in [1.54, 1.807) is 11.8 Å². The van der Waals surface area contributed by atoms with Crippen LogP contribution in [0, 0.1) is 0 Å². The molecule has 1 heterocycles. The van der Waals surface area contributed by atoms with Gasteiger partial charge in [-0.1, -0.05) is 6.07 Å². The number of aryl methyl sites for hydroxylation is 1. The number of unbranched alkanes of at least 4 members (excludes halogenated alkanes) is 1. The Morgan fingerprint density at radius 3 is 2.82 bits per heavy atom. The van der Waals surface area contributed by atoms with E-state index in [9.17, 15) is 9.59 Å². The maximum atomic E-state index is 11.8. The van der Waals surface area contributed by atoms with Gasteiger partial charge in [-0.2, -0.15) is 0 Å². The van der Waals surface area contributed by atoms with Gasteiger partial charge in [0.05, 0.1) is 19.3 Å². The van der Waals surface area contributed by atoms with Crippen LogP contribution in [0.25, 0.3) is 0 Å². The fourth-order valence-corrected chi connectivity index (χ4v) is 2.64. The molecule has 1 aromatic rings. The lowest BCUT2D eigenvalue weighted by molar-refractivity contribution is -0.140. The second-order valence-electron chi connectivity index (χ2n) is 5.64. The second kappa shape index (κ2) is 7.29. The number of ether oxygens (including phenoxy) is 2.